The maximum atomic E-state index is 13.9. The Morgan fingerprint density at radius 1 is 1.00 bits per heavy atom. The van der Waals surface area contributed by atoms with Crippen molar-refractivity contribution in [3.8, 4) is 6.07 Å². The van der Waals surface area contributed by atoms with E-state index in [1.54, 1.807) is 29.2 Å². The van der Waals surface area contributed by atoms with E-state index >= 15 is 0 Å². The smallest absolute Gasteiger partial charge is 0.243 e. The predicted octanol–water partition coefficient (Wildman–Crippen LogP) is 3.10. The number of carbonyl (C=O) groups is 1. The maximum absolute atomic E-state index is 13.9. The minimum absolute atomic E-state index is 0.0199. The van der Waals surface area contributed by atoms with Gasteiger partial charge in [-0.25, -0.2) is 12.8 Å². The van der Waals surface area contributed by atoms with Crippen molar-refractivity contribution < 1.29 is 17.6 Å². The SMILES string of the molecule is N#Cc1c(F)cccc1N1CCN(C(=O)C2CCN(S(=O)(=O)c3ccc(Cl)cc3)CC2)CC1. The molecular weight excluding hydrogens is 467 g/mol. The van der Waals surface area contributed by atoms with Crippen LogP contribution in [0.15, 0.2) is 47.4 Å². The van der Waals surface area contributed by atoms with E-state index in [0.717, 1.165) is 0 Å². The number of nitrogens with zero attached hydrogens (tertiary/aromatic N) is 4. The number of anilines is 1. The molecule has 2 aromatic carbocycles. The van der Waals surface area contributed by atoms with Crippen molar-refractivity contribution >= 4 is 33.2 Å². The minimum Gasteiger partial charge on any atom is -0.367 e. The zero-order valence-corrected chi connectivity index (χ0v) is 19.5. The molecule has 0 radical (unpaired) electrons. The van der Waals surface area contributed by atoms with Crippen LogP contribution in [0, 0.1) is 23.1 Å². The number of rotatable bonds is 4. The van der Waals surface area contributed by atoms with Crippen molar-refractivity contribution in [1.29, 1.82) is 5.26 Å². The van der Waals surface area contributed by atoms with Crippen LogP contribution in [0.2, 0.25) is 5.02 Å². The molecule has 7 nitrogen and oxygen atoms in total. The molecule has 2 aromatic rings. The largest absolute Gasteiger partial charge is 0.367 e. The van der Waals surface area contributed by atoms with Gasteiger partial charge in [0.05, 0.1) is 10.6 Å². The van der Waals surface area contributed by atoms with Crippen LogP contribution in [-0.2, 0) is 14.8 Å². The number of hydrogen-bond donors (Lipinski definition) is 0. The summed E-state index contributed by atoms with van der Waals surface area (Å²) in [5.74, 6) is -0.746. The average Bonchev–Trinajstić information content (AvgIpc) is 2.84. The van der Waals surface area contributed by atoms with Crippen molar-refractivity contribution in [2.45, 2.75) is 17.7 Å². The normalized spacial score (nSPS) is 18.2. The summed E-state index contributed by atoms with van der Waals surface area (Å²) in [7, 11) is -3.61. The van der Waals surface area contributed by atoms with Crippen molar-refractivity contribution in [2.24, 2.45) is 5.92 Å². The highest BCUT2D eigenvalue weighted by Gasteiger charge is 2.35. The van der Waals surface area contributed by atoms with Crippen LogP contribution >= 0.6 is 11.6 Å². The van der Waals surface area contributed by atoms with Gasteiger partial charge in [-0.05, 0) is 49.2 Å². The quantitative estimate of drug-likeness (QED) is 0.657. The fraction of sp³-hybridized carbons (Fsp3) is 0.391. The second-order valence-electron chi connectivity index (χ2n) is 8.19. The lowest BCUT2D eigenvalue weighted by molar-refractivity contribution is -0.137. The van der Waals surface area contributed by atoms with Gasteiger partial charge in [0.2, 0.25) is 15.9 Å². The monoisotopic (exact) mass is 490 g/mol. The van der Waals surface area contributed by atoms with Crippen LogP contribution in [0.25, 0.3) is 0 Å². The highest BCUT2D eigenvalue weighted by Crippen LogP contribution is 2.28. The Balaban J connectivity index is 1.33. The van der Waals surface area contributed by atoms with Crippen LogP contribution < -0.4 is 4.90 Å². The topological polar surface area (TPSA) is 84.7 Å². The van der Waals surface area contributed by atoms with Gasteiger partial charge < -0.3 is 9.80 Å². The third kappa shape index (κ3) is 4.83. The van der Waals surface area contributed by atoms with E-state index in [2.05, 4.69) is 0 Å². The summed E-state index contributed by atoms with van der Waals surface area (Å²) < 4.78 is 41.1. The highest BCUT2D eigenvalue weighted by molar-refractivity contribution is 7.89. The van der Waals surface area contributed by atoms with Crippen molar-refractivity contribution in [3.05, 3.63) is 58.9 Å². The van der Waals surface area contributed by atoms with E-state index in [0.29, 0.717) is 49.7 Å². The second kappa shape index (κ2) is 9.67. The van der Waals surface area contributed by atoms with E-state index in [4.69, 9.17) is 11.6 Å². The molecule has 2 aliphatic heterocycles. The first-order chi connectivity index (χ1) is 15.8. The van der Waals surface area contributed by atoms with Crippen LogP contribution in [-0.4, -0.2) is 62.8 Å². The third-order valence-corrected chi connectivity index (χ3v) is 8.45. The van der Waals surface area contributed by atoms with E-state index in [1.807, 2.05) is 11.0 Å². The number of piperazine rings is 1. The first-order valence-corrected chi connectivity index (χ1v) is 12.6. The molecule has 0 aliphatic carbocycles. The van der Waals surface area contributed by atoms with Crippen LogP contribution in [0.1, 0.15) is 18.4 Å². The molecule has 2 saturated heterocycles. The van der Waals surface area contributed by atoms with Gasteiger partial charge >= 0.3 is 0 Å². The fourth-order valence-corrected chi connectivity index (χ4v) is 6.01. The Bertz CT molecular complexity index is 1170. The summed E-state index contributed by atoms with van der Waals surface area (Å²) in [5, 5.41) is 9.74. The molecule has 10 heteroatoms. The molecule has 1 amide bonds. The number of carbonyl (C=O) groups excluding carboxylic acids is 1. The minimum atomic E-state index is -3.61. The number of sulfonamides is 1. The molecule has 2 fully saturated rings. The lowest BCUT2D eigenvalue weighted by atomic mass is 9.96. The average molecular weight is 491 g/mol. The fourth-order valence-electron chi connectivity index (χ4n) is 4.41. The molecule has 0 bridgehead atoms. The maximum Gasteiger partial charge on any atom is 0.243 e. The number of amides is 1. The second-order valence-corrected chi connectivity index (χ2v) is 10.6. The molecule has 0 N–H and O–H groups in total. The van der Waals surface area contributed by atoms with E-state index in [-0.39, 0.29) is 35.4 Å². The number of piperidine rings is 1. The molecule has 0 aromatic heterocycles. The van der Waals surface area contributed by atoms with Crippen LogP contribution in [0.4, 0.5) is 10.1 Å². The van der Waals surface area contributed by atoms with Crippen molar-refractivity contribution in [3.63, 3.8) is 0 Å². The highest BCUT2D eigenvalue weighted by atomic mass is 35.5. The lowest BCUT2D eigenvalue weighted by Gasteiger charge is -2.39. The molecule has 4 rings (SSSR count). The van der Waals surface area contributed by atoms with Crippen molar-refractivity contribution in [2.75, 3.05) is 44.2 Å². The van der Waals surface area contributed by atoms with E-state index < -0.39 is 15.8 Å². The molecule has 0 spiro atoms. The first kappa shape index (κ1) is 23.5. The Hall–Kier alpha value is -2.67. The number of nitriles is 1. The molecule has 33 heavy (non-hydrogen) atoms. The molecule has 0 saturated carbocycles. The van der Waals surface area contributed by atoms with Crippen molar-refractivity contribution in [1.82, 2.24) is 9.21 Å². The zero-order valence-electron chi connectivity index (χ0n) is 18.0. The van der Waals surface area contributed by atoms with E-state index in [1.165, 1.54) is 22.5 Å². The summed E-state index contributed by atoms with van der Waals surface area (Å²) in [6, 6.07) is 12.6. The van der Waals surface area contributed by atoms with E-state index in [9.17, 15) is 22.9 Å². The Morgan fingerprint density at radius 2 is 1.64 bits per heavy atom. The number of hydrogen-bond acceptors (Lipinski definition) is 5. The summed E-state index contributed by atoms with van der Waals surface area (Å²) >= 11 is 5.86. The Kier molecular flexibility index (Phi) is 6.88. The third-order valence-electron chi connectivity index (χ3n) is 6.29. The standard InChI is InChI=1S/C23H24ClFN4O3S/c24-18-4-6-19(7-5-18)33(31,32)29-10-8-17(9-11-29)23(30)28-14-12-27(13-15-28)22-3-1-2-21(25)20(22)16-26/h1-7,17H,8-15H2. The molecular formula is C23H24ClFN4O3S. The van der Waals surface area contributed by atoms with Gasteiger partial charge in [-0.15, -0.1) is 0 Å². The molecule has 0 atom stereocenters. The van der Waals surface area contributed by atoms with Gasteiger partial charge in [0, 0.05) is 50.2 Å². The number of halogens is 2. The summed E-state index contributed by atoms with van der Waals surface area (Å²) in [5.41, 5.74) is 0.567. The zero-order chi connectivity index (χ0) is 23.6. The Labute approximate surface area is 198 Å². The molecule has 2 heterocycles. The first-order valence-electron chi connectivity index (χ1n) is 10.8. The van der Waals surface area contributed by atoms with Gasteiger partial charge in [-0.2, -0.15) is 9.57 Å². The predicted molar refractivity (Wildman–Crippen MR) is 123 cm³/mol. The Morgan fingerprint density at radius 3 is 2.24 bits per heavy atom. The van der Waals surface area contributed by atoms with Gasteiger partial charge in [-0.1, -0.05) is 17.7 Å². The van der Waals surface area contributed by atoms with Gasteiger partial charge in [0.1, 0.15) is 17.4 Å². The van der Waals surface area contributed by atoms with Crippen LogP contribution in [0.3, 0.4) is 0 Å². The van der Waals surface area contributed by atoms with Gasteiger partial charge in [0.15, 0.2) is 0 Å². The summed E-state index contributed by atoms with van der Waals surface area (Å²) in [6.45, 7) is 2.54. The lowest BCUT2D eigenvalue weighted by Crippen LogP contribution is -2.52. The number of benzene rings is 2. The molecule has 0 unspecified atom stereocenters. The van der Waals surface area contributed by atoms with Gasteiger partial charge in [0.25, 0.3) is 0 Å². The molecule has 2 aliphatic rings. The molecule has 174 valence electrons. The van der Waals surface area contributed by atoms with Crippen LogP contribution in [0.5, 0.6) is 0 Å². The summed E-state index contributed by atoms with van der Waals surface area (Å²) in [4.78, 5) is 17.0. The van der Waals surface area contributed by atoms with Gasteiger partial charge in [-0.3, -0.25) is 4.79 Å². The summed E-state index contributed by atoms with van der Waals surface area (Å²) in [6.07, 6.45) is 0.933.